The van der Waals surface area contributed by atoms with Gasteiger partial charge in [-0.1, -0.05) is 23.2 Å². The topological polar surface area (TPSA) is 74.1 Å². The van der Waals surface area contributed by atoms with Gasteiger partial charge in [0.05, 0.1) is 41.3 Å². The van der Waals surface area contributed by atoms with Crippen molar-refractivity contribution in [3.63, 3.8) is 0 Å². The van der Waals surface area contributed by atoms with Crippen molar-refractivity contribution in [1.29, 1.82) is 0 Å². The molecule has 0 unspecified atom stereocenters. The molecular weight excluding hydrogens is 437 g/mol. The highest BCUT2D eigenvalue weighted by Gasteiger charge is 2.12. The molecule has 2 heterocycles. The number of ether oxygens (including phenoxy) is 2. The summed E-state index contributed by atoms with van der Waals surface area (Å²) >= 11 is 12.2. The average Bonchev–Trinajstić information content (AvgIpc) is 3.17. The Bertz CT molecular complexity index is 1220. The molecule has 0 aliphatic carbocycles. The number of hydrogen-bond donors (Lipinski definition) is 1. The van der Waals surface area contributed by atoms with Gasteiger partial charge in [0.2, 0.25) is 5.95 Å². The van der Waals surface area contributed by atoms with Crippen molar-refractivity contribution in [1.82, 2.24) is 19.7 Å². The molecule has 0 radical (unpaired) electrons. The smallest absolute Gasteiger partial charge is 0.227 e. The molecule has 0 bridgehead atoms. The Labute approximate surface area is 189 Å². The monoisotopic (exact) mass is 455 g/mol. The molecule has 7 nitrogen and oxygen atoms in total. The fourth-order valence-corrected chi connectivity index (χ4v) is 3.34. The predicted octanol–water partition coefficient (Wildman–Crippen LogP) is 5.71. The van der Waals surface area contributed by atoms with Crippen molar-refractivity contribution in [2.24, 2.45) is 0 Å². The maximum absolute atomic E-state index is 6.15. The van der Waals surface area contributed by atoms with E-state index in [0.717, 1.165) is 28.3 Å². The van der Waals surface area contributed by atoms with Gasteiger partial charge in [-0.15, -0.1) is 0 Å². The fraction of sp³-hybridized carbons (Fsp3) is 0.136. The zero-order chi connectivity index (χ0) is 22.0. The average molecular weight is 456 g/mol. The van der Waals surface area contributed by atoms with Gasteiger partial charge >= 0.3 is 0 Å². The summed E-state index contributed by atoms with van der Waals surface area (Å²) in [4.78, 5) is 8.97. The van der Waals surface area contributed by atoms with Gasteiger partial charge in [0.1, 0.15) is 11.5 Å². The lowest BCUT2D eigenvalue weighted by molar-refractivity contribution is 0.395. The van der Waals surface area contributed by atoms with Crippen molar-refractivity contribution < 1.29 is 9.47 Å². The molecule has 4 rings (SSSR count). The van der Waals surface area contributed by atoms with Crippen molar-refractivity contribution in [3.05, 3.63) is 70.6 Å². The molecule has 0 amide bonds. The van der Waals surface area contributed by atoms with E-state index >= 15 is 0 Å². The molecule has 0 atom stereocenters. The van der Waals surface area contributed by atoms with E-state index in [1.54, 1.807) is 43.3 Å². The number of anilines is 2. The van der Waals surface area contributed by atoms with E-state index in [2.05, 4.69) is 20.4 Å². The molecule has 0 saturated heterocycles. The molecule has 158 valence electrons. The van der Waals surface area contributed by atoms with Gasteiger partial charge in [-0.05, 0) is 31.2 Å². The molecule has 0 saturated carbocycles. The standard InChI is InChI=1S/C22H19Cl2N5O2/c1-13-18(12-29(28-13)15-4-5-19(23)20(24)10-15)21-6-7-25-22(27-21)26-14-8-16(30-2)11-17(9-14)31-3/h4-12H,1-3H3,(H,25,26,27). The molecule has 4 aromatic rings. The summed E-state index contributed by atoms with van der Waals surface area (Å²) in [6, 6.07) is 12.7. The lowest BCUT2D eigenvalue weighted by Crippen LogP contribution is -1.99. The third-order valence-electron chi connectivity index (χ3n) is 4.61. The summed E-state index contributed by atoms with van der Waals surface area (Å²) in [7, 11) is 3.20. The summed E-state index contributed by atoms with van der Waals surface area (Å²) in [5.74, 6) is 1.77. The van der Waals surface area contributed by atoms with Crippen LogP contribution in [0.15, 0.2) is 54.9 Å². The van der Waals surface area contributed by atoms with Crippen LogP contribution in [0.25, 0.3) is 16.9 Å². The second-order valence-electron chi connectivity index (χ2n) is 6.66. The van der Waals surface area contributed by atoms with Crippen LogP contribution in [-0.2, 0) is 0 Å². The number of benzene rings is 2. The minimum Gasteiger partial charge on any atom is -0.497 e. The van der Waals surface area contributed by atoms with Gasteiger partial charge in [-0.3, -0.25) is 0 Å². The molecule has 9 heteroatoms. The third-order valence-corrected chi connectivity index (χ3v) is 5.34. The van der Waals surface area contributed by atoms with Gasteiger partial charge in [0.15, 0.2) is 0 Å². The number of hydrogen-bond acceptors (Lipinski definition) is 6. The Morgan fingerprint density at radius 2 is 1.68 bits per heavy atom. The fourth-order valence-electron chi connectivity index (χ4n) is 3.05. The molecular formula is C22H19Cl2N5O2. The number of aryl methyl sites for hydroxylation is 1. The molecule has 0 aliphatic heterocycles. The van der Waals surface area contributed by atoms with Crippen LogP contribution in [0.5, 0.6) is 11.5 Å². The van der Waals surface area contributed by atoms with Crippen LogP contribution < -0.4 is 14.8 Å². The SMILES string of the molecule is COc1cc(Nc2nccc(-c3cn(-c4ccc(Cl)c(Cl)c4)nc3C)n2)cc(OC)c1. The molecule has 1 N–H and O–H groups in total. The maximum Gasteiger partial charge on any atom is 0.227 e. The second kappa shape index (κ2) is 8.83. The van der Waals surface area contributed by atoms with Gasteiger partial charge < -0.3 is 14.8 Å². The van der Waals surface area contributed by atoms with Crippen LogP contribution in [-0.4, -0.2) is 34.0 Å². The van der Waals surface area contributed by atoms with Crippen LogP contribution in [0.2, 0.25) is 10.0 Å². The Kier molecular flexibility index (Phi) is 5.97. The Morgan fingerprint density at radius 3 is 2.35 bits per heavy atom. The summed E-state index contributed by atoms with van der Waals surface area (Å²) < 4.78 is 12.4. The lowest BCUT2D eigenvalue weighted by Gasteiger charge is -2.10. The Morgan fingerprint density at radius 1 is 0.935 bits per heavy atom. The highest BCUT2D eigenvalue weighted by Crippen LogP contribution is 2.29. The Hall–Kier alpha value is -3.29. The molecule has 2 aromatic heterocycles. The van der Waals surface area contributed by atoms with E-state index in [4.69, 9.17) is 32.7 Å². The normalized spacial score (nSPS) is 10.7. The molecule has 31 heavy (non-hydrogen) atoms. The minimum absolute atomic E-state index is 0.439. The Balaban J connectivity index is 1.64. The first-order valence-corrected chi connectivity index (χ1v) is 10.1. The van der Waals surface area contributed by atoms with Crippen LogP contribution in [0.4, 0.5) is 11.6 Å². The van der Waals surface area contributed by atoms with E-state index in [-0.39, 0.29) is 0 Å². The number of aromatic nitrogens is 4. The zero-order valence-corrected chi connectivity index (χ0v) is 18.6. The van der Waals surface area contributed by atoms with E-state index in [1.807, 2.05) is 37.4 Å². The van der Waals surface area contributed by atoms with Crippen molar-refractivity contribution in [2.75, 3.05) is 19.5 Å². The first kappa shape index (κ1) is 21.0. The quantitative estimate of drug-likeness (QED) is 0.401. The number of methoxy groups -OCH3 is 2. The second-order valence-corrected chi connectivity index (χ2v) is 7.48. The molecule has 2 aromatic carbocycles. The molecule has 0 aliphatic rings. The molecule has 0 fully saturated rings. The van der Waals surface area contributed by atoms with Crippen LogP contribution >= 0.6 is 23.2 Å². The minimum atomic E-state index is 0.439. The van der Waals surface area contributed by atoms with E-state index in [1.165, 1.54) is 0 Å². The van der Waals surface area contributed by atoms with Crippen LogP contribution in [0, 0.1) is 6.92 Å². The third kappa shape index (κ3) is 4.57. The number of nitrogens with one attached hydrogen (secondary N) is 1. The van der Waals surface area contributed by atoms with E-state index in [9.17, 15) is 0 Å². The summed E-state index contributed by atoms with van der Waals surface area (Å²) in [6.45, 7) is 1.92. The first-order chi connectivity index (χ1) is 15.0. The van der Waals surface area contributed by atoms with Crippen LogP contribution in [0.1, 0.15) is 5.69 Å². The lowest BCUT2D eigenvalue weighted by atomic mass is 10.2. The van der Waals surface area contributed by atoms with Crippen molar-refractivity contribution in [2.45, 2.75) is 6.92 Å². The van der Waals surface area contributed by atoms with Gasteiger partial charge in [0.25, 0.3) is 0 Å². The highest BCUT2D eigenvalue weighted by atomic mass is 35.5. The summed E-state index contributed by atoms with van der Waals surface area (Å²) in [5, 5.41) is 8.75. The van der Waals surface area contributed by atoms with Crippen molar-refractivity contribution >= 4 is 34.8 Å². The first-order valence-electron chi connectivity index (χ1n) is 9.32. The predicted molar refractivity (Wildman–Crippen MR) is 122 cm³/mol. The van der Waals surface area contributed by atoms with E-state index < -0.39 is 0 Å². The number of rotatable bonds is 6. The zero-order valence-electron chi connectivity index (χ0n) is 17.1. The van der Waals surface area contributed by atoms with Gasteiger partial charge in [0, 0.05) is 41.8 Å². The van der Waals surface area contributed by atoms with Gasteiger partial charge in [-0.25, -0.2) is 14.6 Å². The number of halogens is 2. The maximum atomic E-state index is 6.15. The van der Waals surface area contributed by atoms with Crippen molar-refractivity contribution in [3.8, 4) is 28.4 Å². The van der Waals surface area contributed by atoms with E-state index in [0.29, 0.717) is 27.5 Å². The number of nitrogens with zero attached hydrogens (tertiary/aromatic N) is 4. The summed E-state index contributed by atoms with van der Waals surface area (Å²) in [5.41, 5.74) is 3.98. The molecule has 0 spiro atoms. The van der Waals surface area contributed by atoms with Gasteiger partial charge in [-0.2, -0.15) is 5.10 Å². The van der Waals surface area contributed by atoms with Crippen LogP contribution in [0.3, 0.4) is 0 Å². The largest absolute Gasteiger partial charge is 0.497 e. The highest BCUT2D eigenvalue weighted by molar-refractivity contribution is 6.42. The summed E-state index contributed by atoms with van der Waals surface area (Å²) in [6.07, 6.45) is 3.59.